The zero-order chi connectivity index (χ0) is 13.8. The lowest BCUT2D eigenvalue weighted by atomic mass is 10.1. The second-order valence-corrected chi connectivity index (χ2v) is 5.63. The summed E-state index contributed by atoms with van der Waals surface area (Å²) in [5, 5.41) is 2.88. The topological polar surface area (TPSA) is 64.6 Å². The van der Waals surface area contributed by atoms with Gasteiger partial charge >= 0.3 is 5.97 Å². The van der Waals surface area contributed by atoms with Gasteiger partial charge in [0.25, 0.3) is 0 Å². The number of carbonyl (C=O) groups is 2. The molecule has 0 aliphatic carbocycles. The number of ether oxygens (including phenoxy) is 2. The van der Waals surface area contributed by atoms with Gasteiger partial charge in [0.05, 0.1) is 18.6 Å². The van der Waals surface area contributed by atoms with Crippen molar-refractivity contribution in [2.75, 3.05) is 6.61 Å². The molecule has 1 aliphatic heterocycles. The van der Waals surface area contributed by atoms with Gasteiger partial charge in [-0.1, -0.05) is 0 Å². The highest BCUT2D eigenvalue weighted by molar-refractivity contribution is 5.81. The molecule has 18 heavy (non-hydrogen) atoms. The molecule has 0 bridgehead atoms. The molecule has 1 aliphatic rings. The molecular formula is C13H23NO4. The average molecular weight is 257 g/mol. The van der Waals surface area contributed by atoms with E-state index in [9.17, 15) is 9.59 Å². The van der Waals surface area contributed by atoms with Crippen molar-refractivity contribution in [1.82, 2.24) is 5.32 Å². The Morgan fingerprint density at radius 1 is 1.33 bits per heavy atom. The number of esters is 1. The number of hydrogen-bond acceptors (Lipinski definition) is 4. The first-order valence-electron chi connectivity index (χ1n) is 6.41. The third-order valence-electron chi connectivity index (χ3n) is 2.70. The van der Waals surface area contributed by atoms with Gasteiger partial charge in [0.1, 0.15) is 5.60 Å². The van der Waals surface area contributed by atoms with Crippen LogP contribution < -0.4 is 5.32 Å². The fourth-order valence-corrected chi connectivity index (χ4v) is 1.81. The number of nitrogens with one attached hydrogen (secondary N) is 1. The quantitative estimate of drug-likeness (QED) is 0.773. The van der Waals surface area contributed by atoms with Crippen molar-refractivity contribution in [2.45, 2.75) is 64.7 Å². The summed E-state index contributed by atoms with van der Waals surface area (Å²) in [7, 11) is 0. The van der Waals surface area contributed by atoms with Crippen molar-refractivity contribution in [1.29, 1.82) is 0 Å². The molecular weight excluding hydrogens is 234 g/mol. The van der Waals surface area contributed by atoms with E-state index in [1.54, 1.807) is 0 Å². The third-order valence-corrected chi connectivity index (χ3v) is 2.70. The maximum Gasteiger partial charge on any atom is 0.306 e. The van der Waals surface area contributed by atoms with E-state index in [-0.39, 0.29) is 36.9 Å². The van der Waals surface area contributed by atoms with Crippen molar-refractivity contribution >= 4 is 11.9 Å². The van der Waals surface area contributed by atoms with E-state index < -0.39 is 5.60 Å². The summed E-state index contributed by atoms with van der Waals surface area (Å²) in [5.74, 6) is -0.462. The van der Waals surface area contributed by atoms with Crippen molar-refractivity contribution in [3.8, 4) is 0 Å². The zero-order valence-corrected chi connectivity index (χ0v) is 11.6. The minimum Gasteiger partial charge on any atom is -0.460 e. The Bertz CT molecular complexity index is 309. The molecule has 0 aromatic rings. The van der Waals surface area contributed by atoms with Crippen LogP contribution in [0.25, 0.3) is 0 Å². The largest absolute Gasteiger partial charge is 0.460 e. The van der Waals surface area contributed by atoms with Gasteiger partial charge in [0.2, 0.25) is 5.91 Å². The van der Waals surface area contributed by atoms with E-state index in [1.807, 2.05) is 27.7 Å². The number of hydrogen-bond donors (Lipinski definition) is 1. The first-order chi connectivity index (χ1) is 8.28. The minimum absolute atomic E-state index is 0.0514. The summed E-state index contributed by atoms with van der Waals surface area (Å²) >= 11 is 0. The molecule has 5 nitrogen and oxygen atoms in total. The molecule has 5 heteroatoms. The Labute approximate surface area is 108 Å². The molecule has 1 rings (SSSR count). The lowest BCUT2D eigenvalue weighted by Crippen LogP contribution is -2.39. The van der Waals surface area contributed by atoms with Gasteiger partial charge in [-0.05, 0) is 34.1 Å². The van der Waals surface area contributed by atoms with Crippen LogP contribution in [0.1, 0.15) is 47.0 Å². The molecule has 1 saturated heterocycles. The van der Waals surface area contributed by atoms with E-state index in [2.05, 4.69) is 5.32 Å². The Balaban J connectivity index is 2.23. The van der Waals surface area contributed by atoms with Crippen LogP contribution in [0.15, 0.2) is 0 Å². The van der Waals surface area contributed by atoms with Crippen LogP contribution in [0.3, 0.4) is 0 Å². The average Bonchev–Trinajstić information content (AvgIpc) is 2.59. The van der Waals surface area contributed by atoms with Crippen LogP contribution in [0.5, 0.6) is 0 Å². The molecule has 0 aromatic carbocycles. The van der Waals surface area contributed by atoms with Gasteiger partial charge in [-0.2, -0.15) is 0 Å². The van der Waals surface area contributed by atoms with Gasteiger partial charge < -0.3 is 14.8 Å². The normalized spacial score (nSPS) is 23.8. The number of amides is 1. The van der Waals surface area contributed by atoms with Gasteiger partial charge in [-0.15, -0.1) is 0 Å². The molecule has 104 valence electrons. The molecule has 1 fully saturated rings. The highest BCUT2D eigenvalue weighted by Crippen LogP contribution is 2.13. The summed E-state index contributed by atoms with van der Waals surface area (Å²) in [5.41, 5.74) is -0.499. The van der Waals surface area contributed by atoms with E-state index in [4.69, 9.17) is 9.47 Å². The van der Waals surface area contributed by atoms with Crippen LogP contribution in [0.4, 0.5) is 0 Å². The standard InChI is InChI=1S/C13H23NO4/c1-9-10(7-8-17-9)14-11(15)5-6-12(16)18-13(2,3)4/h9-10H,5-8H2,1-4H3,(H,14,15). The monoisotopic (exact) mass is 257 g/mol. The summed E-state index contributed by atoms with van der Waals surface area (Å²) in [6, 6.07) is 0.0659. The van der Waals surface area contributed by atoms with E-state index in [0.717, 1.165) is 6.42 Å². The highest BCUT2D eigenvalue weighted by Gasteiger charge is 2.26. The Kier molecular flexibility index (Phi) is 5.14. The summed E-state index contributed by atoms with van der Waals surface area (Å²) < 4.78 is 10.5. The van der Waals surface area contributed by atoms with Gasteiger partial charge in [-0.3, -0.25) is 9.59 Å². The number of carbonyl (C=O) groups excluding carboxylic acids is 2. The zero-order valence-electron chi connectivity index (χ0n) is 11.6. The predicted octanol–water partition coefficient (Wildman–Crippen LogP) is 1.40. The van der Waals surface area contributed by atoms with Crippen LogP contribution in [0, 0.1) is 0 Å². The van der Waals surface area contributed by atoms with E-state index >= 15 is 0 Å². The summed E-state index contributed by atoms with van der Waals surface area (Å²) in [6.07, 6.45) is 1.16. The Morgan fingerprint density at radius 2 is 2.00 bits per heavy atom. The highest BCUT2D eigenvalue weighted by atomic mass is 16.6. The third kappa shape index (κ3) is 5.49. The van der Waals surface area contributed by atoms with Crippen LogP contribution >= 0.6 is 0 Å². The Hall–Kier alpha value is -1.10. The lowest BCUT2D eigenvalue weighted by molar-refractivity contribution is -0.155. The minimum atomic E-state index is -0.499. The van der Waals surface area contributed by atoms with Gasteiger partial charge in [0.15, 0.2) is 0 Å². The van der Waals surface area contributed by atoms with Crippen molar-refractivity contribution in [3.63, 3.8) is 0 Å². The predicted molar refractivity (Wildman–Crippen MR) is 67.0 cm³/mol. The maximum atomic E-state index is 11.6. The fraction of sp³-hybridized carbons (Fsp3) is 0.846. The molecule has 0 saturated carbocycles. The summed E-state index contributed by atoms with van der Waals surface area (Å²) in [4.78, 5) is 23.1. The van der Waals surface area contributed by atoms with Crippen molar-refractivity contribution in [2.24, 2.45) is 0 Å². The van der Waals surface area contributed by atoms with Crippen LogP contribution in [-0.2, 0) is 19.1 Å². The van der Waals surface area contributed by atoms with Crippen LogP contribution in [-0.4, -0.2) is 36.2 Å². The molecule has 0 aromatic heterocycles. The summed E-state index contributed by atoms with van der Waals surface area (Å²) in [6.45, 7) is 8.04. The van der Waals surface area contributed by atoms with Crippen molar-refractivity contribution < 1.29 is 19.1 Å². The molecule has 2 atom stereocenters. The smallest absolute Gasteiger partial charge is 0.306 e. The first kappa shape index (κ1) is 15.0. The maximum absolute atomic E-state index is 11.6. The molecule has 2 unspecified atom stereocenters. The molecule has 1 N–H and O–H groups in total. The SMILES string of the molecule is CC1OCCC1NC(=O)CCC(=O)OC(C)(C)C. The van der Waals surface area contributed by atoms with Gasteiger partial charge in [0, 0.05) is 13.0 Å². The second-order valence-electron chi connectivity index (χ2n) is 5.63. The van der Waals surface area contributed by atoms with Gasteiger partial charge in [-0.25, -0.2) is 0 Å². The lowest BCUT2D eigenvalue weighted by Gasteiger charge is -2.20. The first-order valence-corrected chi connectivity index (χ1v) is 6.41. The Morgan fingerprint density at radius 3 is 2.50 bits per heavy atom. The van der Waals surface area contributed by atoms with E-state index in [1.165, 1.54) is 0 Å². The molecule has 1 heterocycles. The molecule has 1 amide bonds. The van der Waals surface area contributed by atoms with Crippen LogP contribution in [0.2, 0.25) is 0 Å². The molecule has 0 radical (unpaired) electrons. The second kappa shape index (κ2) is 6.18. The molecule has 0 spiro atoms. The fourth-order valence-electron chi connectivity index (χ4n) is 1.81. The number of rotatable bonds is 4. The van der Waals surface area contributed by atoms with Crippen molar-refractivity contribution in [3.05, 3.63) is 0 Å². The van der Waals surface area contributed by atoms with E-state index in [0.29, 0.717) is 6.61 Å².